The summed E-state index contributed by atoms with van der Waals surface area (Å²) in [4.78, 5) is 6.86. The molecule has 23 heavy (non-hydrogen) atoms. The molecule has 0 amide bonds. The first-order chi connectivity index (χ1) is 11.3. The van der Waals surface area contributed by atoms with Gasteiger partial charge >= 0.3 is 0 Å². The molecule has 1 fully saturated rings. The first kappa shape index (κ1) is 14.4. The van der Waals surface area contributed by atoms with Crippen LogP contribution in [0.3, 0.4) is 0 Å². The van der Waals surface area contributed by atoms with Crippen LogP contribution in [0.5, 0.6) is 0 Å². The minimum absolute atomic E-state index is 0.793. The van der Waals surface area contributed by atoms with Crippen molar-refractivity contribution in [1.82, 2.24) is 19.5 Å². The van der Waals surface area contributed by atoms with Gasteiger partial charge in [0, 0.05) is 25.2 Å². The van der Waals surface area contributed by atoms with Crippen molar-refractivity contribution >= 4 is 5.65 Å². The fraction of sp³-hybridized carbons (Fsp3) is 0.333. The predicted octanol–water partition coefficient (Wildman–Crippen LogP) is 2.54. The van der Waals surface area contributed by atoms with Crippen LogP contribution in [0.1, 0.15) is 11.4 Å². The molecule has 0 atom stereocenters. The van der Waals surface area contributed by atoms with E-state index in [1.165, 1.54) is 5.56 Å². The molecule has 5 heteroatoms. The van der Waals surface area contributed by atoms with Gasteiger partial charge in [0.25, 0.3) is 0 Å². The second-order valence-electron chi connectivity index (χ2n) is 5.93. The highest BCUT2D eigenvalue weighted by Gasteiger charge is 2.11. The van der Waals surface area contributed by atoms with Crippen molar-refractivity contribution in [3.05, 3.63) is 53.9 Å². The normalized spacial score (nSPS) is 16.0. The number of aryl methyl sites for hydroxylation is 1. The van der Waals surface area contributed by atoms with E-state index in [2.05, 4.69) is 45.3 Å². The Balaban J connectivity index is 1.59. The highest BCUT2D eigenvalue weighted by Crippen LogP contribution is 2.21. The van der Waals surface area contributed by atoms with Gasteiger partial charge in [0.15, 0.2) is 5.65 Å². The molecule has 1 aliphatic rings. The molecular weight excluding hydrogens is 288 g/mol. The van der Waals surface area contributed by atoms with Crippen LogP contribution in [0, 0.1) is 6.92 Å². The maximum absolute atomic E-state index is 5.40. The molecule has 0 N–H and O–H groups in total. The van der Waals surface area contributed by atoms with Gasteiger partial charge in [-0.3, -0.25) is 4.90 Å². The fourth-order valence-corrected chi connectivity index (χ4v) is 3.03. The summed E-state index contributed by atoms with van der Waals surface area (Å²) in [6, 6.07) is 14.8. The monoisotopic (exact) mass is 308 g/mol. The molecule has 0 radical (unpaired) electrons. The highest BCUT2D eigenvalue weighted by atomic mass is 16.5. The third-order valence-corrected chi connectivity index (χ3v) is 4.23. The van der Waals surface area contributed by atoms with Crippen molar-refractivity contribution in [2.24, 2.45) is 0 Å². The molecule has 2 aromatic heterocycles. The van der Waals surface area contributed by atoms with Crippen LogP contribution in [0.2, 0.25) is 0 Å². The molecular formula is C18H20N4O. The lowest BCUT2D eigenvalue weighted by atomic mass is 10.1. The number of morpholine rings is 1. The van der Waals surface area contributed by atoms with Crippen LogP contribution in [-0.4, -0.2) is 45.8 Å². The van der Waals surface area contributed by atoms with Crippen LogP contribution in [-0.2, 0) is 11.3 Å². The van der Waals surface area contributed by atoms with E-state index in [-0.39, 0.29) is 0 Å². The Kier molecular flexibility index (Phi) is 3.81. The first-order valence-electron chi connectivity index (χ1n) is 8.01. The molecule has 4 rings (SSSR count). The molecule has 118 valence electrons. The zero-order valence-electron chi connectivity index (χ0n) is 13.3. The van der Waals surface area contributed by atoms with Crippen LogP contribution in [0.25, 0.3) is 16.9 Å². The van der Waals surface area contributed by atoms with Crippen molar-refractivity contribution in [2.75, 3.05) is 26.3 Å². The van der Waals surface area contributed by atoms with E-state index in [4.69, 9.17) is 4.74 Å². The van der Waals surface area contributed by atoms with Gasteiger partial charge in [0.05, 0.1) is 18.9 Å². The number of benzene rings is 1. The van der Waals surface area contributed by atoms with Gasteiger partial charge in [-0.15, -0.1) is 0 Å². The maximum Gasteiger partial charge on any atom is 0.156 e. The summed E-state index contributed by atoms with van der Waals surface area (Å²) in [5.41, 5.74) is 4.45. The number of nitrogens with zero attached hydrogens (tertiary/aromatic N) is 4. The van der Waals surface area contributed by atoms with Crippen molar-refractivity contribution in [3.8, 4) is 11.3 Å². The molecule has 5 nitrogen and oxygen atoms in total. The van der Waals surface area contributed by atoms with E-state index in [9.17, 15) is 0 Å². The Labute approximate surface area is 135 Å². The standard InChI is InChI=1S/C18H20N4O/c1-14-19-18-4-2-3-17(22(18)20-14)16-7-5-15(6-8-16)13-21-9-11-23-12-10-21/h2-8H,9-13H2,1H3. The van der Waals surface area contributed by atoms with Crippen LogP contribution in [0.15, 0.2) is 42.5 Å². The summed E-state index contributed by atoms with van der Waals surface area (Å²) < 4.78 is 7.31. The van der Waals surface area contributed by atoms with Crippen molar-refractivity contribution < 1.29 is 4.74 Å². The fourth-order valence-electron chi connectivity index (χ4n) is 3.03. The number of aromatic nitrogens is 3. The Bertz CT molecular complexity index is 804. The second kappa shape index (κ2) is 6.10. The quantitative estimate of drug-likeness (QED) is 0.746. The highest BCUT2D eigenvalue weighted by molar-refractivity contribution is 5.63. The zero-order valence-corrected chi connectivity index (χ0v) is 13.3. The molecule has 0 spiro atoms. The van der Waals surface area contributed by atoms with Gasteiger partial charge in [-0.2, -0.15) is 5.10 Å². The second-order valence-corrected chi connectivity index (χ2v) is 5.93. The smallest absolute Gasteiger partial charge is 0.156 e. The van der Waals surface area contributed by atoms with Crippen LogP contribution >= 0.6 is 0 Å². The number of ether oxygens (including phenoxy) is 1. The molecule has 0 unspecified atom stereocenters. The Hall–Kier alpha value is -2.24. The van der Waals surface area contributed by atoms with Gasteiger partial charge in [0.2, 0.25) is 0 Å². The van der Waals surface area contributed by atoms with E-state index in [1.807, 2.05) is 23.6 Å². The lowest BCUT2D eigenvalue weighted by Crippen LogP contribution is -2.35. The molecule has 0 saturated carbocycles. The summed E-state index contributed by atoms with van der Waals surface area (Å²) in [6.45, 7) is 6.61. The summed E-state index contributed by atoms with van der Waals surface area (Å²) in [5, 5.41) is 4.49. The summed E-state index contributed by atoms with van der Waals surface area (Å²) in [5.74, 6) is 0.793. The summed E-state index contributed by atoms with van der Waals surface area (Å²) in [6.07, 6.45) is 0. The Morgan fingerprint density at radius 2 is 1.83 bits per heavy atom. The van der Waals surface area contributed by atoms with E-state index < -0.39 is 0 Å². The number of hydrogen-bond donors (Lipinski definition) is 0. The lowest BCUT2D eigenvalue weighted by Gasteiger charge is -2.26. The van der Waals surface area contributed by atoms with Crippen molar-refractivity contribution in [3.63, 3.8) is 0 Å². The van der Waals surface area contributed by atoms with Gasteiger partial charge in [-0.1, -0.05) is 30.3 Å². The van der Waals surface area contributed by atoms with Gasteiger partial charge < -0.3 is 4.74 Å². The van der Waals surface area contributed by atoms with Crippen LogP contribution < -0.4 is 0 Å². The minimum Gasteiger partial charge on any atom is -0.379 e. The summed E-state index contributed by atoms with van der Waals surface area (Å²) in [7, 11) is 0. The molecule has 3 heterocycles. The van der Waals surface area contributed by atoms with E-state index >= 15 is 0 Å². The SMILES string of the molecule is Cc1nc2cccc(-c3ccc(CN4CCOCC4)cc3)n2n1. The van der Waals surface area contributed by atoms with Gasteiger partial charge in [-0.05, 0) is 24.6 Å². The van der Waals surface area contributed by atoms with Crippen LogP contribution in [0.4, 0.5) is 0 Å². The van der Waals surface area contributed by atoms with Gasteiger partial charge in [0.1, 0.15) is 5.82 Å². The van der Waals surface area contributed by atoms with Crippen molar-refractivity contribution in [2.45, 2.75) is 13.5 Å². The third kappa shape index (κ3) is 2.98. The molecule has 1 saturated heterocycles. The Morgan fingerprint density at radius 1 is 1.04 bits per heavy atom. The van der Waals surface area contributed by atoms with E-state index in [0.717, 1.165) is 55.6 Å². The topological polar surface area (TPSA) is 42.7 Å². The third-order valence-electron chi connectivity index (χ3n) is 4.23. The minimum atomic E-state index is 0.793. The van der Waals surface area contributed by atoms with Crippen molar-refractivity contribution in [1.29, 1.82) is 0 Å². The number of rotatable bonds is 3. The molecule has 1 aliphatic heterocycles. The first-order valence-corrected chi connectivity index (χ1v) is 8.01. The van der Waals surface area contributed by atoms with Gasteiger partial charge in [-0.25, -0.2) is 9.50 Å². The summed E-state index contributed by atoms with van der Waals surface area (Å²) >= 11 is 0. The number of hydrogen-bond acceptors (Lipinski definition) is 4. The molecule has 1 aromatic carbocycles. The number of pyridine rings is 1. The average Bonchev–Trinajstić information content (AvgIpc) is 2.97. The Morgan fingerprint density at radius 3 is 2.61 bits per heavy atom. The molecule has 3 aromatic rings. The van der Waals surface area contributed by atoms with E-state index in [1.54, 1.807) is 0 Å². The van der Waals surface area contributed by atoms with E-state index in [0.29, 0.717) is 0 Å². The average molecular weight is 308 g/mol. The number of fused-ring (bicyclic) bond motifs is 1. The molecule has 0 aliphatic carbocycles. The molecule has 0 bridgehead atoms. The lowest BCUT2D eigenvalue weighted by molar-refractivity contribution is 0.0342. The largest absolute Gasteiger partial charge is 0.379 e. The zero-order chi connectivity index (χ0) is 15.6. The maximum atomic E-state index is 5.40. The predicted molar refractivity (Wildman–Crippen MR) is 89.3 cm³/mol.